The molecule has 134 valence electrons. The monoisotopic (exact) mass is 352 g/mol. The number of ether oxygens (including phenoxy) is 1. The molecule has 3 aromatic rings. The number of hydrogen-bond donors (Lipinski definition) is 1. The fourth-order valence-corrected chi connectivity index (χ4v) is 3.10. The average Bonchev–Trinajstić information content (AvgIpc) is 2.92. The number of nitrogens with zero attached hydrogens (tertiary/aromatic N) is 1. The van der Waals surface area contributed by atoms with E-state index in [-0.39, 0.29) is 11.7 Å². The molecule has 0 aliphatic heterocycles. The topological polar surface area (TPSA) is 43.3 Å². The zero-order valence-corrected chi connectivity index (χ0v) is 15.3. The Morgan fingerprint density at radius 1 is 1.08 bits per heavy atom. The Balaban J connectivity index is 1.95. The lowest BCUT2D eigenvalue weighted by Gasteiger charge is -2.12. The van der Waals surface area contributed by atoms with Crippen LogP contribution in [0.2, 0.25) is 0 Å². The van der Waals surface area contributed by atoms with E-state index in [1.807, 2.05) is 48.7 Å². The van der Waals surface area contributed by atoms with Crippen LogP contribution in [0.15, 0.2) is 48.5 Å². The minimum absolute atomic E-state index is 0.220. The zero-order chi connectivity index (χ0) is 18.8. The van der Waals surface area contributed by atoms with E-state index in [0.29, 0.717) is 16.8 Å². The van der Waals surface area contributed by atoms with Crippen LogP contribution in [0.4, 0.5) is 10.1 Å². The molecule has 1 N–H and O–H groups in total. The number of carbonyl (C=O) groups excluding carboxylic acids is 1. The minimum Gasteiger partial charge on any atom is -0.497 e. The molecule has 0 unspecified atom stereocenters. The second kappa shape index (κ2) is 7.04. The first kappa shape index (κ1) is 17.7. The first-order valence-corrected chi connectivity index (χ1v) is 8.31. The van der Waals surface area contributed by atoms with Gasteiger partial charge in [0.15, 0.2) is 0 Å². The lowest BCUT2D eigenvalue weighted by molar-refractivity contribution is 0.102. The first-order valence-electron chi connectivity index (χ1n) is 8.31. The van der Waals surface area contributed by atoms with Crippen LogP contribution in [-0.4, -0.2) is 17.6 Å². The number of nitrogens with one attached hydrogen (secondary N) is 1. The number of halogens is 1. The fraction of sp³-hybridized carbons (Fsp3) is 0.190. The molecule has 26 heavy (non-hydrogen) atoms. The lowest BCUT2D eigenvalue weighted by atomic mass is 10.1. The quantitative estimate of drug-likeness (QED) is 0.733. The summed E-state index contributed by atoms with van der Waals surface area (Å²) in [4.78, 5) is 12.7. The number of aryl methyl sites for hydroxylation is 2. The number of amides is 1. The third kappa shape index (κ3) is 3.33. The lowest BCUT2D eigenvalue weighted by Crippen LogP contribution is -2.14. The van der Waals surface area contributed by atoms with E-state index in [2.05, 4.69) is 5.32 Å². The van der Waals surface area contributed by atoms with Gasteiger partial charge in [-0.05, 0) is 62.7 Å². The molecule has 1 amide bonds. The number of hydrogen-bond acceptors (Lipinski definition) is 2. The van der Waals surface area contributed by atoms with Crippen LogP contribution in [0.5, 0.6) is 5.75 Å². The molecular formula is C21H21FN2O2. The van der Waals surface area contributed by atoms with Crippen molar-refractivity contribution >= 4 is 11.6 Å². The van der Waals surface area contributed by atoms with E-state index in [9.17, 15) is 9.18 Å². The number of benzene rings is 2. The third-order valence-electron chi connectivity index (χ3n) is 4.42. The summed E-state index contributed by atoms with van der Waals surface area (Å²) in [6.07, 6.45) is 0. The Bertz CT molecular complexity index is 976. The summed E-state index contributed by atoms with van der Waals surface area (Å²) < 4.78 is 20.5. The Kier molecular flexibility index (Phi) is 4.80. The Hall–Kier alpha value is -3.08. The van der Waals surface area contributed by atoms with Gasteiger partial charge in [-0.15, -0.1) is 0 Å². The van der Waals surface area contributed by atoms with Crippen molar-refractivity contribution in [3.05, 3.63) is 76.9 Å². The van der Waals surface area contributed by atoms with Gasteiger partial charge in [0.05, 0.1) is 12.7 Å². The molecule has 1 heterocycles. The van der Waals surface area contributed by atoms with Gasteiger partial charge in [-0.25, -0.2) is 4.39 Å². The predicted octanol–water partition coefficient (Wildman–Crippen LogP) is 4.80. The second-order valence-electron chi connectivity index (χ2n) is 6.24. The van der Waals surface area contributed by atoms with Crippen LogP contribution in [0.3, 0.4) is 0 Å². The number of aromatic nitrogens is 1. The van der Waals surface area contributed by atoms with Crippen molar-refractivity contribution in [2.24, 2.45) is 0 Å². The second-order valence-corrected chi connectivity index (χ2v) is 6.24. The van der Waals surface area contributed by atoms with E-state index < -0.39 is 0 Å². The molecule has 0 aliphatic rings. The highest BCUT2D eigenvalue weighted by atomic mass is 19.1. The van der Waals surface area contributed by atoms with Crippen LogP contribution in [0.1, 0.15) is 27.3 Å². The van der Waals surface area contributed by atoms with Crippen molar-refractivity contribution in [1.29, 1.82) is 0 Å². The Labute approximate surface area is 152 Å². The highest BCUT2D eigenvalue weighted by Crippen LogP contribution is 2.25. The molecule has 5 heteroatoms. The van der Waals surface area contributed by atoms with Gasteiger partial charge in [0.2, 0.25) is 0 Å². The number of rotatable bonds is 4. The molecule has 0 aliphatic carbocycles. The normalized spacial score (nSPS) is 10.7. The van der Waals surface area contributed by atoms with Gasteiger partial charge in [0, 0.05) is 28.8 Å². The van der Waals surface area contributed by atoms with Crippen LogP contribution in [-0.2, 0) is 0 Å². The largest absolute Gasteiger partial charge is 0.497 e. The van der Waals surface area contributed by atoms with Gasteiger partial charge in [0.25, 0.3) is 5.91 Å². The summed E-state index contributed by atoms with van der Waals surface area (Å²) in [6, 6.07) is 13.8. The molecule has 1 aromatic heterocycles. The number of methoxy groups -OCH3 is 1. The maximum absolute atomic E-state index is 13.3. The van der Waals surface area contributed by atoms with E-state index in [1.165, 1.54) is 12.1 Å². The van der Waals surface area contributed by atoms with E-state index in [4.69, 9.17) is 4.74 Å². The van der Waals surface area contributed by atoms with Crippen molar-refractivity contribution in [2.45, 2.75) is 20.8 Å². The predicted molar refractivity (Wildman–Crippen MR) is 101 cm³/mol. The minimum atomic E-state index is -0.322. The fourth-order valence-electron chi connectivity index (χ4n) is 3.10. The van der Waals surface area contributed by atoms with Crippen molar-refractivity contribution < 1.29 is 13.9 Å². The van der Waals surface area contributed by atoms with E-state index in [1.54, 1.807) is 20.1 Å². The van der Waals surface area contributed by atoms with Crippen LogP contribution >= 0.6 is 0 Å². The molecule has 0 atom stereocenters. The number of carbonyl (C=O) groups is 1. The molecule has 0 radical (unpaired) electrons. The molecular weight excluding hydrogens is 331 g/mol. The van der Waals surface area contributed by atoms with Crippen LogP contribution in [0.25, 0.3) is 5.69 Å². The highest BCUT2D eigenvalue weighted by Gasteiger charge is 2.17. The summed E-state index contributed by atoms with van der Waals surface area (Å²) in [5, 5.41) is 2.87. The summed E-state index contributed by atoms with van der Waals surface area (Å²) in [5.41, 5.74) is 4.55. The standard InChI is InChI=1S/C21H21FN2O2/c1-13-10-16(22)8-9-20(13)23-21(25)19-11-14(2)24(15(19)3)17-6-5-7-18(12-17)26-4/h5-12H,1-4H3,(H,23,25). The number of anilines is 1. The van der Waals surface area contributed by atoms with E-state index >= 15 is 0 Å². The van der Waals surface area contributed by atoms with Crippen molar-refractivity contribution in [2.75, 3.05) is 12.4 Å². The Morgan fingerprint density at radius 2 is 1.85 bits per heavy atom. The molecule has 0 bridgehead atoms. The molecule has 2 aromatic carbocycles. The Morgan fingerprint density at radius 3 is 2.54 bits per heavy atom. The SMILES string of the molecule is COc1cccc(-n2c(C)cc(C(=O)Nc3ccc(F)cc3C)c2C)c1. The molecule has 3 rings (SSSR count). The van der Waals surface area contributed by atoms with Crippen LogP contribution < -0.4 is 10.1 Å². The molecule has 0 spiro atoms. The van der Waals surface area contributed by atoms with Gasteiger partial charge >= 0.3 is 0 Å². The van der Waals surface area contributed by atoms with Crippen molar-refractivity contribution in [3.63, 3.8) is 0 Å². The summed E-state index contributed by atoms with van der Waals surface area (Å²) in [7, 11) is 1.62. The molecule has 0 saturated heterocycles. The maximum Gasteiger partial charge on any atom is 0.257 e. The van der Waals surface area contributed by atoms with Crippen LogP contribution in [0, 0.1) is 26.6 Å². The molecule has 0 saturated carbocycles. The van der Waals surface area contributed by atoms with Gasteiger partial charge in [-0.1, -0.05) is 6.07 Å². The third-order valence-corrected chi connectivity index (χ3v) is 4.42. The first-order chi connectivity index (χ1) is 12.4. The van der Waals surface area contributed by atoms with Gasteiger partial charge in [-0.2, -0.15) is 0 Å². The average molecular weight is 352 g/mol. The smallest absolute Gasteiger partial charge is 0.257 e. The van der Waals surface area contributed by atoms with E-state index in [0.717, 1.165) is 22.8 Å². The highest BCUT2D eigenvalue weighted by molar-refractivity contribution is 6.05. The van der Waals surface area contributed by atoms with Crippen molar-refractivity contribution in [1.82, 2.24) is 4.57 Å². The van der Waals surface area contributed by atoms with Gasteiger partial charge in [-0.3, -0.25) is 4.79 Å². The van der Waals surface area contributed by atoms with Crippen molar-refractivity contribution in [3.8, 4) is 11.4 Å². The van der Waals surface area contributed by atoms with Gasteiger partial charge < -0.3 is 14.6 Å². The maximum atomic E-state index is 13.3. The summed E-state index contributed by atoms with van der Waals surface area (Å²) >= 11 is 0. The molecule has 0 fully saturated rings. The van der Waals surface area contributed by atoms with Gasteiger partial charge in [0.1, 0.15) is 11.6 Å². The molecule has 4 nitrogen and oxygen atoms in total. The summed E-state index contributed by atoms with van der Waals surface area (Å²) in [6.45, 7) is 5.61. The zero-order valence-electron chi connectivity index (χ0n) is 15.3. The summed E-state index contributed by atoms with van der Waals surface area (Å²) in [5.74, 6) is 0.210.